The van der Waals surface area contributed by atoms with Crippen LogP contribution in [0.3, 0.4) is 0 Å². The molecule has 2 aliphatic carbocycles. The number of amides is 4. The number of carbonyl (C=O) groups is 4. The number of likely N-dealkylation sites (tertiary alicyclic amines) is 2. The molecule has 4 aliphatic heterocycles. The number of alkyl carbamates (subject to hydrolysis) is 1. The highest BCUT2D eigenvalue weighted by molar-refractivity contribution is 7.91. The van der Waals surface area contributed by atoms with Gasteiger partial charge in [0.1, 0.15) is 23.9 Å². The number of alkyl halides is 3. The van der Waals surface area contributed by atoms with Gasteiger partial charge in [0.15, 0.2) is 11.4 Å². The fourth-order valence-corrected chi connectivity index (χ4v) is 10.7. The highest BCUT2D eigenvalue weighted by Gasteiger charge is 2.58. The number of unbranched alkanes of at least 4 members (excludes halogenated alkanes) is 3. The summed E-state index contributed by atoms with van der Waals surface area (Å²) in [5.74, 6) is 0.874. The number of pyridine rings is 1. The first-order valence-corrected chi connectivity index (χ1v) is 25.9. The van der Waals surface area contributed by atoms with Crippen molar-refractivity contribution in [2.24, 2.45) is 17.8 Å². The normalized spacial score (nSPS) is 24.3. The maximum Gasteiger partial charge on any atom is 0.437 e. The van der Waals surface area contributed by atoms with E-state index in [0.717, 1.165) is 62.6 Å². The Bertz CT molecular complexity index is 2510. The van der Waals surface area contributed by atoms with Crippen molar-refractivity contribution >= 4 is 44.7 Å². The number of nitrogens with one attached hydrogen (secondary N) is 3. The van der Waals surface area contributed by atoms with E-state index in [9.17, 15) is 27.6 Å². The third-order valence-electron chi connectivity index (χ3n) is 14.2. The smallest absolute Gasteiger partial charge is 0.437 e. The van der Waals surface area contributed by atoms with E-state index in [-0.39, 0.29) is 49.4 Å². The van der Waals surface area contributed by atoms with Crippen molar-refractivity contribution in [2.45, 2.75) is 139 Å². The molecule has 1 spiro atoms. The molecule has 20 heteroatoms. The second-order valence-electron chi connectivity index (χ2n) is 20.4. The van der Waals surface area contributed by atoms with Crippen molar-refractivity contribution in [3.05, 3.63) is 41.7 Å². The molecule has 3 atom stereocenters. The summed E-state index contributed by atoms with van der Waals surface area (Å²) in [5.41, 5.74) is -4.72. The SMILES string of the molecule is CCCCC/C=C\N1C#C[C@]1(NC(=O)[C@@H]1C[C@]2(CCc3c(c(C(F)(F)F)nc4ccc(OCC5CCN(CC6CC6)CC5)cc34)O2)CN1C(=O)CNC(=O)OCC(C)C)C(=O)NS(=O)(=O)C1(C)CC1. The zero-order chi connectivity index (χ0) is 49.4. The van der Waals surface area contributed by atoms with Gasteiger partial charge in [-0.05, 0) is 126 Å². The summed E-state index contributed by atoms with van der Waals surface area (Å²) in [7, 11) is -4.22. The van der Waals surface area contributed by atoms with E-state index in [1.165, 1.54) is 36.9 Å². The molecule has 1 aromatic carbocycles. The lowest BCUT2D eigenvalue weighted by molar-refractivity contribution is -0.144. The van der Waals surface area contributed by atoms with Crippen LogP contribution >= 0.6 is 0 Å². The summed E-state index contributed by atoms with van der Waals surface area (Å²) in [4.78, 5) is 64.4. The molecule has 1 aromatic heterocycles. The van der Waals surface area contributed by atoms with Gasteiger partial charge >= 0.3 is 12.3 Å². The maximum atomic E-state index is 15.0. The quantitative estimate of drug-likeness (QED) is 0.111. The van der Waals surface area contributed by atoms with Gasteiger partial charge in [-0.25, -0.2) is 22.9 Å². The zero-order valence-electron chi connectivity index (χ0n) is 39.8. The molecular formula is C49H64F3N7O9S. The van der Waals surface area contributed by atoms with Gasteiger partial charge in [-0.2, -0.15) is 13.2 Å². The molecule has 0 unspecified atom stereocenters. The minimum absolute atomic E-state index is 0.00636. The Balaban J connectivity index is 1.06. The predicted molar refractivity (Wildman–Crippen MR) is 249 cm³/mol. The van der Waals surface area contributed by atoms with E-state index in [4.69, 9.17) is 14.2 Å². The van der Waals surface area contributed by atoms with Gasteiger partial charge in [0.25, 0.3) is 11.6 Å². The van der Waals surface area contributed by atoms with Crippen molar-refractivity contribution in [2.75, 3.05) is 45.9 Å². The highest BCUT2D eigenvalue weighted by atomic mass is 32.2. The average Bonchev–Trinajstić information content (AvgIpc) is 4.24. The molecule has 376 valence electrons. The standard InChI is InChI=1S/C49H64F3N7O9S/c1-5-6-7-8-9-21-58-24-20-48(58,44(62)56-69(64,65)46(4)18-19-46)55-43(61)39-26-47(31-59(39)40(60)27-53-45(63)67-29-32(2)3)17-14-36-37-25-35(12-13-38(37)54-42(41(36)68-47)49(50,51)52)66-30-34-15-22-57(23-16-34)28-33-10-11-33/h9,12-13,21,25,32-34,39H,5-8,10-11,14-19,22-23,26-31H2,1-4H3,(H,53,63)(H,55,61)(H,56,62)/b21-9-/t39-,47+,48+/m0/s1. The molecule has 69 heavy (non-hydrogen) atoms. The molecule has 8 rings (SSSR count). The molecule has 2 saturated heterocycles. The number of hydrogen-bond acceptors (Lipinski definition) is 12. The number of carbonyl (C=O) groups excluding carboxylic acids is 4. The average molecular weight is 984 g/mol. The van der Waals surface area contributed by atoms with Crippen molar-refractivity contribution in [1.82, 2.24) is 35.0 Å². The number of rotatable bonds is 19. The fraction of sp³-hybridized carbons (Fsp3) is 0.653. The number of fused-ring (bicyclic) bond motifs is 3. The first-order chi connectivity index (χ1) is 32.7. The van der Waals surface area contributed by atoms with Gasteiger partial charge in [-0.3, -0.25) is 19.3 Å². The molecule has 6 aliphatic rings. The molecule has 0 bridgehead atoms. The van der Waals surface area contributed by atoms with Crippen molar-refractivity contribution in [1.29, 1.82) is 0 Å². The van der Waals surface area contributed by atoms with E-state index < -0.39 is 80.1 Å². The molecule has 4 fully saturated rings. The number of ether oxygens (including phenoxy) is 3. The van der Waals surface area contributed by atoms with Crippen LogP contribution in [-0.4, -0.2) is 120 Å². The maximum absolute atomic E-state index is 15.0. The number of piperidine rings is 1. The van der Waals surface area contributed by atoms with Gasteiger partial charge in [0.05, 0.1) is 30.0 Å². The Morgan fingerprint density at radius 2 is 1.81 bits per heavy atom. The van der Waals surface area contributed by atoms with Crippen LogP contribution in [0.1, 0.15) is 116 Å². The Labute approximate surface area is 401 Å². The minimum atomic E-state index is -4.96. The molecule has 16 nitrogen and oxygen atoms in total. The summed E-state index contributed by atoms with van der Waals surface area (Å²) in [6.07, 6.45) is 5.70. The number of nitrogens with zero attached hydrogens (tertiary/aromatic N) is 4. The molecule has 5 heterocycles. The number of benzene rings is 1. The first-order valence-electron chi connectivity index (χ1n) is 24.4. The summed E-state index contributed by atoms with van der Waals surface area (Å²) in [5, 5.41) is 5.43. The summed E-state index contributed by atoms with van der Waals surface area (Å²) in [6, 6.07) is 6.03. The Morgan fingerprint density at radius 3 is 2.46 bits per heavy atom. The summed E-state index contributed by atoms with van der Waals surface area (Å²) < 4.78 is 90.5. The molecule has 0 radical (unpaired) electrons. The first kappa shape index (κ1) is 50.1. The van der Waals surface area contributed by atoms with Crippen molar-refractivity contribution in [3.63, 3.8) is 0 Å². The van der Waals surface area contributed by atoms with Gasteiger partial charge < -0.3 is 34.6 Å². The van der Waals surface area contributed by atoms with Crippen LogP contribution < -0.4 is 24.8 Å². The molecule has 2 saturated carbocycles. The lowest BCUT2D eigenvalue weighted by atomic mass is 9.87. The lowest BCUT2D eigenvalue weighted by Gasteiger charge is -2.40. The number of aryl methyl sites for hydroxylation is 1. The summed E-state index contributed by atoms with van der Waals surface area (Å²) in [6.45, 7) is 9.85. The van der Waals surface area contributed by atoms with Crippen LogP contribution in [0.4, 0.5) is 18.0 Å². The van der Waals surface area contributed by atoms with E-state index in [0.29, 0.717) is 42.9 Å². The number of sulfonamides is 1. The molecular weight excluding hydrogens is 920 g/mol. The van der Waals surface area contributed by atoms with Crippen LogP contribution in [0.2, 0.25) is 0 Å². The van der Waals surface area contributed by atoms with Gasteiger partial charge in [0, 0.05) is 36.2 Å². The van der Waals surface area contributed by atoms with E-state index in [1.54, 1.807) is 18.2 Å². The van der Waals surface area contributed by atoms with Gasteiger partial charge in [-0.15, -0.1) is 0 Å². The fourth-order valence-electron chi connectivity index (χ4n) is 9.42. The lowest BCUT2D eigenvalue weighted by Crippen LogP contribution is -2.71. The minimum Gasteiger partial charge on any atom is -0.493 e. The highest BCUT2D eigenvalue weighted by Crippen LogP contribution is 2.49. The van der Waals surface area contributed by atoms with Gasteiger partial charge in [0.2, 0.25) is 21.8 Å². The number of halogens is 3. The topological polar surface area (TPSA) is 189 Å². The zero-order valence-corrected chi connectivity index (χ0v) is 40.7. The third-order valence-corrected chi connectivity index (χ3v) is 16.4. The van der Waals surface area contributed by atoms with Crippen molar-refractivity contribution in [3.8, 4) is 23.5 Å². The monoisotopic (exact) mass is 983 g/mol. The molecule has 2 aromatic rings. The number of aromatic nitrogens is 1. The van der Waals surface area contributed by atoms with Crippen molar-refractivity contribution < 1.29 is 55.0 Å². The second kappa shape index (κ2) is 19.8. The largest absolute Gasteiger partial charge is 0.493 e. The Morgan fingerprint density at radius 1 is 1.06 bits per heavy atom. The summed E-state index contributed by atoms with van der Waals surface area (Å²) >= 11 is 0. The van der Waals surface area contributed by atoms with Crippen LogP contribution in [0.25, 0.3) is 10.9 Å². The number of hydrogen-bond donors (Lipinski definition) is 3. The Kier molecular flexibility index (Phi) is 14.4. The molecule has 3 N–H and O–H groups in total. The van der Waals surface area contributed by atoms with Crippen LogP contribution in [0.5, 0.6) is 11.5 Å². The van der Waals surface area contributed by atoms with Crippen LogP contribution in [-0.2, 0) is 41.7 Å². The second-order valence-corrected chi connectivity index (χ2v) is 22.6. The molecule has 4 amide bonds. The number of allylic oxidation sites excluding steroid dienone is 1. The van der Waals surface area contributed by atoms with E-state index in [1.807, 2.05) is 20.8 Å². The Hall–Kier alpha value is -5.29. The van der Waals surface area contributed by atoms with Crippen LogP contribution in [0, 0.1) is 29.7 Å². The third kappa shape index (κ3) is 11.2. The van der Waals surface area contributed by atoms with E-state index in [2.05, 4.69) is 37.2 Å². The van der Waals surface area contributed by atoms with Crippen LogP contribution in [0.15, 0.2) is 30.5 Å². The van der Waals surface area contributed by atoms with E-state index >= 15 is 13.2 Å². The van der Waals surface area contributed by atoms with Gasteiger partial charge in [-0.1, -0.05) is 39.7 Å². The predicted octanol–water partition coefficient (Wildman–Crippen LogP) is 5.98.